The summed E-state index contributed by atoms with van der Waals surface area (Å²) in [5.74, 6) is 3.77. The molecule has 3 aromatic carbocycles. The molecule has 0 amide bonds. The topological polar surface area (TPSA) is 46.2 Å². The summed E-state index contributed by atoms with van der Waals surface area (Å²) in [5, 5.41) is 3.30. The number of hydrogen-bond acceptors (Lipinski definition) is 5. The number of methoxy groups -OCH3 is 5. The van der Waals surface area contributed by atoms with E-state index in [9.17, 15) is 0 Å². The van der Waals surface area contributed by atoms with Crippen LogP contribution in [0.3, 0.4) is 0 Å². The van der Waals surface area contributed by atoms with Gasteiger partial charge in [0.15, 0.2) is 0 Å². The molecule has 0 aliphatic heterocycles. The highest BCUT2D eigenvalue weighted by atomic mass is 31.1. The molecule has 6 heteroatoms. The molecule has 0 unspecified atom stereocenters. The molecule has 0 bridgehead atoms. The van der Waals surface area contributed by atoms with Gasteiger partial charge in [-0.1, -0.05) is 12.1 Å². The molecule has 3 aromatic rings. The summed E-state index contributed by atoms with van der Waals surface area (Å²) < 4.78 is 27.5. The van der Waals surface area contributed by atoms with Crippen LogP contribution in [0.2, 0.25) is 0 Å². The van der Waals surface area contributed by atoms with Gasteiger partial charge in [0.1, 0.15) is 28.7 Å². The molecule has 0 fully saturated rings. The molecule has 0 spiro atoms. The van der Waals surface area contributed by atoms with Gasteiger partial charge in [-0.05, 0) is 60.2 Å². The molecule has 0 aliphatic rings. The Morgan fingerprint density at radius 3 is 1.21 bits per heavy atom. The second-order valence-electron chi connectivity index (χ2n) is 6.18. The molecule has 0 heterocycles. The standard InChI is InChI=1S/C23H25O5P/c1-24-16-7-6-8-21(11-16)29(22-12-17(25-2)9-18(13-22)26-3)23-14-19(27-4)10-20(15-23)28-5/h6-15H,1-5H3. The largest absolute Gasteiger partial charge is 0.497 e. The lowest BCUT2D eigenvalue weighted by atomic mass is 10.3. The molecule has 0 atom stereocenters. The zero-order chi connectivity index (χ0) is 20.8. The van der Waals surface area contributed by atoms with E-state index in [2.05, 4.69) is 12.1 Å². The molecule has 0 saturated heterocycles. The summed E-state index contributed by atoms with van der Waals surface area (Å²) in [5.41, 5.74) is 0. The van der Waals surface area contributed by atoms with Crippen molar-refractivity contribution >= 4 is 23.8 Å². The zero-order valence-corrected chi connectivity index (χ0v) is 18.2. The van der Waals surface area contributed by atoms with E-state index in [1.165, 1.54) is 0 Å². The van der Waals surface area contributed by atoms with Crippen LogP contribution in [0.15, 0.2) is 60.7 Å². The van der Waals surface area contributed by atoms with Gasteiger partial charge in [0.25, 0.3) is 0 Å². The first-order valence-corrected chi connectivity index (χ1v) is 10.4. The lowest BCUT2D eigenvalue weighted by Gasteiger charge is -2.22. The molecule has 152 valence electrons. The van der Waals surface area contributed by atoms with E-state index in [1.54, 1.807) is 35.5 Å². The molecule has 0 radical (unpaired) electrons. The van der Waals surface area contributed by atoms with Crippen molar-refractivity contribution in [2.45, 2.75) is 0 Å². The van der Waals surface area contributed by atoms with E-state index >= 15 is 0 Å². The maximum absolute atomic E-state index is 5.51. The first kappa shape index (κ1) is 20.8. The Morgan fingerprint density at radius 2 is 0.828 bits per heavy atom. The van der Waals surface area contributed by atoms with Crippen molar-refractivity contribution < 1.29 is 23.7 Å². The maximum Gasteiger partial charge on any atom is 0.123 e. The fourth-order valence-electron chi connectivity index (χ4n) is 3.04. The smallest absolute Gasteiger partial charge is 0.123 e. The fraction of sp³-hybridized carbons (Fsp3) is 0.217. The summed E-state index contributed by atoms with van der Waals surface area (Å²) in [4.78, 5) is 0. The monoisotopic (exact) mass is 412 g/mol. The number of hydrogen-bond donors (Lipinski definition) is 0. The highest BCUT2D eigenvalue weighted by Crippen LogP contribution is 2.38. The average Bonchev–Trinajstić information content (AvgIpc) is 2.78. The van der Waals surface area contributed by atoms with Gasteiger partial charge in [-0.15, -0.1) is 0 Å². The van der Waals surface area contributed by atoms with E-state index in [0.717, 1.165) is 44.7 Å². The van der Waals surface area contributed by atoms with Gasteiger partial charge in [-0.3, -0.25) is 0 Å². The van der Waals surface area contributed by atoms with Crippen molar-refractivity contribution in [1.82, 2.24) is 0 Å². The van der Waals surface area contributed by atoms with Crippen LogP contribution < -0.4 is 39.6 Å². The van der Waals surface area contributed by atoms with Crippen molar-refractivity contribution in [1.29, 1.82) is 0 Å². The third-order valence-electron chi connectivity index (χ3n) is 4.50. The van der Waals surface area contributed by atoms with Gasteiger partial charge in [0, 0.05) is 12.1 Å². The maximum atomic E-state index is 5.51. The lowest BCUT2D eigenvalue weighted by Crippen LogP contribution is -2.21. The van der Waals surface area contributed by atoms with Crippen LogP contribution in [0.25, 0.3) is 0 Å². The summed E-state index contributed by atoms with van der Waals surface area (Å²) in [6.07, 6.45) is 0. The van der Waals surface area contributed by atoms with E-state index in [1.807, 2.05) is 48.5 Å². The van der Waals surface area contributed by atoms with Crippen molar-refractivity contribution in [2.24, 2.45) is 0 Å². The second-order valence-corrected chi connectivity index (χ2v) is 8.40. The predicted molar refractivity (Wildman–Crippen MR) is 118 cm³/mol. The SMILES string of the molecule is COc1cccc(P(c2cc(OC)cc(OC)c2)c2cc(OC)cc(OC)c2)c1. The third kappa shape index (κ3) is 4.75. The summed E-state index contributed by atoms with van der Waals surface area (Å²) in [6.45, 7) is 0. The Hall–Kier alpha value is -2.91. The van der Waals surface area contributed by atoms with Gasteiger partial charge < -0.3 is 23.7 Å². The van der Waals surface area contributed by atoms with E-state index in [0.29, 0.717) is 0 Å². The zero-order valence-electron chi connectivity index (χ0n) is 17.3. The van der Waals surface area contributed by atoms with Crippen LogP contribution in [-0.4, -0.2) is 35.5 Å². The van der Waals surface area contributed by atoms with Crippen molar-refractivity contribution in [2.75, 3.05) is 35.5 Å². The van der Waals surface area contributed by atoms with Crippen LogP contribution in [0, 0.1) is 0 Å². The number of rotatable bonds is 8. The van der Waals surface area contributed by atoms with E-state index < -0.39 is 7.92 Å². The lowest BCUT2D eigenvalue weighted by molar-refractivity contribution is 0.395. The molecule has 29 heavy (non-hydrogen) atoms. The van der Waals surface area contributed by atoms with Gasteiger partial charge >= 0.3 is 0 Å². The second kappa shape index (κ2) is 9.53. The summed E-state index contributed by atoms with van der Waals surface area (Å²) >= 11 is 0. The normalized spacial score (nSPS) is 10.6. The Bertz CT molecular complexity index is 873. The molecule has 0 N–H and O–H groups in total. The first-order valence-electron chi connectivity index (χ1n) is 9.02. The predicted octanol–water partition coefficient (Wildman–Crippen LogP) is 3.49. The minimum atomic E-state index is -0.956. The highest BCUT2D eigenvalue weighted by Gasteiger charge is 2.21. The van der Waals surface area contributed by atoms with Gasteiger partial charge in [0.05, 0.1) is 35.5 Å². The van der Waals surface area contributed by atoms with Crippen molar-refractivity contribution in [3.63, 3.8) is 0 Å². The Balaban J connectivity index is 2.25. The van der Waals surface area contributed by atoms with Crippen LogP contribution in [0.5, 0.6) is 28.7 Å². The van der Waals surface area contributed by atoms with Crippen molar-refractivity contribution in [3.05, 3.63) is 60.7 Å². The molecule has 0 saturated carbocycles. The van der Waals surface area contributed by atoms with Crippen molar-refractivity contribution in [3.8, 4) is 28.7 Å². The molecular formula is C23H25O5P. The van der Waals surface area contributed by atoms with E-state index in [4.69, 9.17) is 23.7 Å². The number of ether oxygens (including phenoxy) is 5. The van der Waals surface area contributed by atoms with Gasteiger partial charge in [-0.25, -0.2) is 0 Å². The highest BCUT2D eigenvalue weighted by molar-refractivity contribution is 7.79. The fourth-order valence-corrected chi connectivity index (χ4v) is 5.45. The van der Waals surface area contributed by atoms with E-state index in [-0.39, 0.29) is 0 Å². The first-order chi connectivity index (χ1) is 14.1. The Kier molecular flexibility index (Phi) is 6.84. The van der Waals surface area contributed by atoms with Crippen LogP contribution in [-0.2, 0) is 0 Å². The number of benzene rings is 3. The van der Waals surface area contributed by atoms with Gasteiger partial charge in [-0.2, -0.15) is 0 Å². The van der Waals surface area contributed by atoms with Crippen LogP contribution in [0.1, 0.15) is 0 Å². The molecule has 5 nitrogen and oxygen atoms in total. The van der Waals surface area contributed by atoms with Crippen LogP contribution >= 0.6 is 7.92 Å². The van der Waals surface area contributed by atoms with Crippen LogP contribution in [0.4, 0.5) is 0 Å². The minimum absolute atomic E-state index is 0.740. The minimum Gasteiger partial charge on any atom is -0.497 e. The molecular weight excluding hydrogens is 387 g/mol. The molecule has 0 aliphatic carbocycles. The third-order valence-corrected chi connectivity index (χ3v) is 6.84. The summed E-state index contributed by atoms with van der Waals surface area (Å²) in [7, 11) is 7.33. The average molecular weight is 412 g/mol. The molecule has 0 aromatic heterocycles. The summed E-state index contributed by atoms with van der Waals surface area (Å²) in [6, 6.07) is 20.0. The Morgan fingerprint density at radius 1 is 0.448 bits per heavy atom. The molecule has 3 rings (SSSR count). The Labute approximate surface area is 172 Å². The quantitative estimate of drug-likeness (QED) is 0.530. The van der Waals surface area contributed by atoms with Gasteiger partial charge in [0.2, 0.25) is 0 Å².